The van der Waals surface area contributed by atoms with Crippen molar-refractivity contribution < 1.29 is 23.6 Å². The van der Waals surface area contributed by atoms with Gasteiger partial charge in [-0.3, -0.25) is 9.59 Å². The van der Waals surface area contributed by atoms with Crippen LogP contribution >= 0.6 is 0 Å². The van der Waals surface area contributed by atoms with Gasteiger partial charge in [0.1, 0.15) is 11.5 Å². The van der Waals surface area contributed by atoms with Crippen molar-refractivity contribution in [3.63, 3.8) is 0 Å². The van der Waals surface area contributed by atoms with Gasteiger partial charge in [-0.2, -0.15) is 4.98 Å². The molecule has 0 fully saturated rings. The van der Waals surface area contributed by atoms with Gasteiger partial charge >= 0.3 is 0 Å². The van der Waals surface area contributed by atoms with Gasteiger partial charge in [-0.05, 0) is 43.3 Å². The zero-order chi connectivity index (χ0) is 21.3. The van der Waals surface area contributed by atoms with E-state index in [1.54, 1.807) is 55.5 Å². The number of nitrogens with one attached hydrogen (secondary N) is 2. The Balaban J connectivity index is 1.54. The van der Waals surface area contributed by atoms with E-state index in [9.17, 15) is 9.59 Å². The van der Waals surface area contributed by atoms with Gasteiger partial charge in [0, 0.05) is 30.8 Å². The number of carbonyl (C=O) groups excluding carboxylic acids is 2. The summed E-state index contributed by atoms with van der Waals surface area (Å²) in [7, 11) is 0. The molecule has 2 aromatic carbocycles. The average molecular weight is 410 g/mol. The Hall–Kier alpha value is -3.88. The predicted molar refractivity (Wildman–Crippen MR) is 108 cm³/mol. The molecule has 9 heteroatoms. The highest BCUT2D eigenvalue weighted by atomic mass is 16.5. The van der Waals surface area contributed by atoms with E-state index >= 15 is 0 Å². The number of anilines is 1. The van der Waals surface area contributed by atoms with E-state index < -0.39 is 0 Å². The fourth-order valence-electron chi connectivity index (χ4n) is 2.51. The summed E-state index contributed by atoms with van der Waals surface area (Å²) in [5.41, 5.74) is 1.02. The number of nitrogens with zero attached hydrogens (tertiary/aromatic N) is 2. The van der Waals surface area contributed by atoms with E-state index in [0.717, 1.165) is 0 Å². The first-order valence-corrected chi connectivity index (χ1v) is 9.36. The summed E-state index contributed by atoms with van der Waals surface area (Å²) >= 11 is 0. The first-order chi connectivity index (χ1) is 14.5. The first-order valence-electron chi connectivity index (χ1n) is 9.36. The van der Waals surface area contributed by atoms with Crippen molar-refractivity contribution in [3.05, 3.63) is 65.8 Å². The Labute approximate surface area is 173 Å². The van der Waals surface area contributed by atoms with Crippen molar-refractivity contribution >= 4 is 17.5 Å². The summed E-state index contributed by atoms with van der Waals surface area (Å²) < 4.78 is 15.9. The summed E-state index contributed by atoms with van der Waals surface area (Å²) in [6.07, 6.45) is 0. The van der Waals surface area contributed by atoms with Gasteiger partial charge in [0.25, 0.3) is 11.8 Å². The maximum atomic E-state index is 12.5. The number of rotatable bonds is 9. The summed E-state index contributed by atoms with van der Waals surface area (Å²) in [6, 6.07) is 13.5. The molecule has 3 rings (SSSR count). The van der Waals surface area contributed by atoms with Crippen molar-refractivity contribution in [1.82, 2.24) is 15.5 Å². The molecule has 1 aromatic heterocycles. The molecule has 156 valence electrons. The normalized spacial score (nSPS) is 10.3. The third-order valence-corrected chi connectivity index (χ3v) is 3.89. The summed E-state index contributed by atoms with van der Waals surface area (Å²) in [4.78, 5) is 28.0. The van der Waals surface area contributed by atoms with Gasteiger partial charge in [-0.25, -0.2) is 0 Å². The number of ether oxygens (including phenoxy) is 2. The Morgan fingerprint density at radius 1 is 1.07 bits per heavy atom. The molecule has 0 saturated heterocycles. The number of amides is 2. The molecule has 0 bridgehead atoms. The molecule has 30 heavy (non-hydrogen) atoms. The van der Waals surface area contributed by atoms with Crippen molar-refractivity contribution in [1.29, 1.82) is 0 Å². The molecule has 1 heterocycles. The topological polar surface area (TPSA) is 116 Å². The van der Waals surface area contributed by atoms with E-state index in [1.165, 1.54) is 0 Å². The van der Waals surface area contributed by atoms with Crippen LogP contribution in [0.5, 0.6) is 11.5 Å². The Kier molecular flexibility index (Phi) is 6.99. The van der Waals surface area contributed by atoms with Crippen LogP contribution in [0.4, 0.5) is 5.69 Å². The van der Waals surface area contributed by atoms with Crippen LogP contribution in [0.25, 0.3) is 0 Å². The number of hydrogen-bond acceptors (Lipinski definition) is 7. The highest BCUT2D eigenvalue weighted by Gasteiger charge is 2.09. The number of benzene rings is 2. The monoisotopic (exact) mass is 410 g/mol. The second-order valence-electron chi connectivity index (χ2n) is 6.27. The van der Waals surface area contributed by atoms with Gasteiger partial charge in [0.15, 0.2) is 13.2 Å². The van der Waals surface area contributed by atoms with Gasteiger partial charge in [0.2, 0.25) is 11.7 Å². The molecule has 9 nitrogen and oxygen atoms in total. The van der Waals surface area contributed by atoms with Gasteiger partial charge in [-0.15, -0.1) is 0 Å². The van der Waals surface area contributed by atoms with Crippen LogP contribution in [0.1, 0.15) is 29.0 Å². The molecule has 0 radical (unpaired) electrons. The van der Waals surface area contributed by atoms with Gasteiger partial charge in [0.05, 0.1) is 0 Å². The fraction of sp³-hybridized carbons (Fsp3) is 0.238. The number of likely N-dealkylation sites (N-methyl/N-ethyl adjacent to an activating group) is 1. The molecule has 3 aromatic rings. The maximum absolute atomic E-state index is 12.5. The van der Waals surface area contributed by atoms with Crippen LogP contribution in [-0.2, 0) is 11.4 Å². The van der Waals surface area contributed by atoms with Crippen LogP contribution in [0.15, 0.2) is 53.1 Å². The molecule has 2 N–H and O–H groups in total. The van der Waals surface area contributed by atoms with E-state index in [-0.39, 0.29) is 25.0 Å². The molecule has 0 atom stereocenters. The van der Waals surface area contributed by atoms with Gasteiger partial charge in [-0.1, -0.05) is 11.2 Å². The molecule has 0 aliphatic heterocycles. The SMILES string of the molecule is CCNC(=O)COc1cccc(NC(=O)c2ccc(OCc3noc(C)n3)cc2)c1. The van der Waals surface area contributed by atoms with Crippen LogP contribution in [0, 0.1) is 6.92 Å². The predicted octanol–water partition coefficient (Wildman–Crippen LogP) is 2.72. The molecule has 0 aliphatic carbocycles. The molecular weight excluding hydrogens is 388 g/mol. The average Bonchev–Trinajstić information content (AvgIpc) is 3.17. The second kappa shape index (κ2) is 10.1. The van der Waals surface area contributed by atoms with Gasteiger partial charge < -0.3 is 24.6 Å². The number of hydrogen-bond donors (Lipinski definition) is 2. The maximum Gasteiger partial charge on any atom is 0.257 e. The highest BCUT2D eigenvalue weighted by molar-refractivity contribution is 6.04. The van der Waals surface area contributed by atoms with Crippen LogP contribution in [0.2, 0.25) is 0 Å². The molecule has 0 unspecified atom stereocenters. The molecule has 0 spiro atoms. The van der Waals surface area contributed by atoms with E-state index in [2.05, 4.69) is 20.8 Å². The Morgan fingerprint density at radius 2 is 1.87 bits per heavy atom. The third kappa shape index (κ3) is 6.06. The quantitative estimate of drug-likeness (QED) is 0.557. The minimum atomic E-state index is -0.281. The minimum Gasteiger partial charge on any atom is -0.485 e. The van der Waals surface area contributed by atoms with Crippen molar-refractivity contribution in [2.45, 2.75) is 20.5 Å². The summed E-state index contributed by atoms with van der Waals surface area (Å²) in [5.74, 6) is 1.50. The molecule has 0 aliphatic rings. The van der Waals surface area contributed by atoms with E-state index in [4.69, 9.17) is 14.0 Å². The molecular formula is C21H22N4O5. The third-order valence-electron chi connectivity index (χ3n) is 3.89. The smallest absolute Gasteiger partial charge is 0.257 e. The molecule has 2 amide bonds. The summed E-state index contributed by atoms with van der Waals surface area (Å²) in [5, 5.41) is 9.21. The summed E-state index contributed by atoms with van der Waals surface area (Å²) in [6.45, 7) is 4.16. The largest absolute Gasteiger partial charge is 0.485 e. The Morgan fingerprint density at radius 3 is 2.57 bits per heavy atom. The van der Waals surface area contributed by atoms with Crippen molar-refractivity contribution in [2.24, 2.45) is 0 Å². The lowest BCUT2D eigenvalue weighted by Crippen LogP contribution is -2.28. The second-order valence-corrected chi connectivity index (χ2v) is 6.27. The fourth-order valence-corrected chi connectivity index (χ4v) is 2.51. The van der Waals surface area contributed by atoms with E-state index in [0.29, 0.717) is 41.0 Å². The van der Waals surface area contributed by atoms with Crippen molar-refractivity contribution in [2.75, 3.05) is 18.5 Å². The van der Waals surface area contributed by atoms with Crippen LogP contribution in [0.3, 0.4) is 0 Å². The highest BCUT2D eigenvalue weighted by Crippen LogP contribution is 2.19. The first kappa shape index (κ1) is 20.8. The minimum absolute atomic E-state index is 0.0872. The molecule has 0 saturated carbocycles. The van der Waals surface area contributed by atoms with E-state index in [1.807, 2.05) is 6.92 Å². The van der Waals surface area contributed by atoms with Crippen molar-refractivity contribution in [3.8, 4) is 11.5 Å². The van der Waals surface area contributed by atoms with Crippen LogP contribution in [-0.4, -0.2) is 35.1 Å². The zero-order valence-electron chi connectivity index (χ0n) is 16.7. The lowest BCUT2D eigenvalue weighted by Gasteiger charge is -2.10. The lowest BCUT2D eigenvalue weighted by atomic mass is 10.2. The lowest BCUT2D eigenvalue weighted by molar-refractivity contribution is -0.122. The standard InChI is InChI=1S/C21H22N4O5/c1-3-22-20(26)13-29-18-6-4-5-16(11-18)24-21(27)15-7-9-17(10-8-15)28-12-19-23-14(2)30-25-19/h4-11H,3,12-13H2,1-2H3,(H,22,26)(H,24,27). The van der Waals surface area contributed by atoms with Crippen LogP contribution < -0.4 is 20.1 Å². The zero-order valence-corrected chi connectivity index (χ0v) is 16.7. The Bertz CT molecular complexity index is 1000. The number of aromatic nitrogens is 2. The number of carbonyl (C=O) groups is 2. The number of aryl methyl sites for hydroxylation is 1.